The number of carboxylic acids is 1. The van der Waals surface area contributed by atoms with Crippen molar-refractivity contribution in [3.8, 4) is 11.1 Å². The first kappa shape index (κ1) is 23.8. The van der Waals surface area contributed by atoms with E-state index in [-0.39, 0.29) is 24.9 Å². The number of carboxylic acid groups (broad SMARTS) is 1. The second-order valence-corrected chi connectivity index (χ2v) is 9.33. The van der Waals surface area contributed by atoms with Crippen molar-refractivity contribution in [3.63, 3.8) is 0 Å². The molecule has 180 valence electrons. The van der Waals surface area contributed by atoms with Crippen LogP contribution in [-0.4, -0.2) is 41.3 Å². The van der Waals surface area contributed by atoms with E-state index in [0.29, 0.717) is 19.3 Å². The number of ether oxygens (including phenoxy) is 1. The van der Waals surface area contributed by atoms with Gasteiger partial charge in [0.1, 0.15) is 12.6 Å². The zero-order chi connectivity index (χ0) is 24.1. The highest BCUT2D eigenvalue weighted by molar-refractivity contribution is 5.87. The van der Waals surface area contributed by atoms with Gasteiger partial charge in [0.15, 0.2) is 0 Å². The van der Waals surface area contributed by atoms with E-state index < -0.39 is 23.6 Å². The predicted molar refractivity (Wildman–Crippen MR) is 128 cm³/mol. The molecule has 0 heterocycles. The first-order chi connectivity index (χ1) is 16.4. The largest absolute Gasteiger partial charge is 0.481 e. The number of alkyl carbamates (subject to hydrolysis) is 1. The summed E-state index contributed by atoms with van der Waals surface area (Å²) < 4.78 is 5.58. The van der Waals surface area contributed by atoms with Gasteiger partial charge in [-0.15, -0.1) is 0 Å². The number of rotatable bonds is 8. The Morgan fingerprint density at radius 3 is 2.15 bits per heavy atom. The average Bonchev–Trinajstić information content (AvgIpc) is 3.15. The SMILES string of the molecule is CC[C@H](NC(=O)OCC1c2ccccc2-c2ccccc21)C(=O)NC1(CC(=O)O)CCCCC1. The molecule has 1 atom stereocenters. The lowest BCUT2D eigenvalue weighted by atomic mass is 9.79. The van der Waals surface area contributed by atoms with Crippen LogP contribution in [0.2, 0.25) is 0 Å². The maximum Gasteiger partial charge on any atom is 0.407 e. The first-order valence-corrected chi connectivity index (χ1v) is 12.1. The van der Waals surface area contributed by atoms with Crippen LogP contribution in [0.15, 0.2) is 48.5 Å². The molecule has 0 aliphatic heterocycles. The number of benzene rings is 2. The summed E-state index contributed by atoms with van der Waals surface area (Å²) in [5, 5.41) is 15.0. The van der Waals surface area contributed by atoms with Gasteiger partial charge in [-0.25, -0.2) is 4.79 Å². The fourth-order valence-electron chi connectivity index (χ4n) is 5.35. The fraction of sp³-hybridized carbons (Fsp3) is 0.444. The number of carbonyl (C=O) groups is 3. The summed E-state index contributed by atoms with van der Waals surface area (Å²) >= 11 is 0. The minimum absolute atomic E-state index is 0.0619. The van der Waals surface area contributed by atoms with Crippen molar-refractivity contribution >= 4 is 18.0 Å². The normalized spacial score (nSPS) is 17.2. The number of hydrogen-bond donors (Lipinski definition) is 3. The molecule has 3 N–H and O–H groups in total. The lowest BCUT2D eigenvalue weighted by Gasteiger charge is -2.38. The molecule has 0 saturated heterocycles. The predicted octanol–water partition coefficient (Wildman–Crippen LogP) is 4.60. The topological polar surface area (TPSA) is 105 Å². The van der Waals surface area contributed by atoms with Crippen LogP contribution in [0.25, 0.3) is 11.1 Å². The molecule has 0 unspecified atom stereocenters. The van der Waals surface area contributed by atoms with Crippen LogP contribution in [-0.2, 0) is 14.3 Å². The molecule has 0 radical (unpaired) electrons. The van der Waals surface area contributed by atoms with Gasteiger partial charge in [0.05, 0.1) is 12.0 Å². The second kappa shape index (κ2) is 10.3. The van der Waals surface area contributed by atoms with Crippen molar-refractivity contribution < 1.29 is 24.2 Å². The van der Waals surface area contributed by atoms with Crippen molar-refractivity contribution in [2.45, 2.75) is 69.4 Å². The van der Waals surface area contributed by atoms with Crippen LogP contribution in [0.5, 0.6) is 0 Å². The highest BCUT2D eigenvalue weighted by Gasteiger charge is 2.37. The Balaban J connectivity index is 1.38. The smallest absolute Gasteiger partial charge is 0.407 e. The quantitative estimate of drug-likeness (QED) is 0.530. The molecule has 2 aromatic carbocycles. The van der Waals surface area contributed by atoms with Crippen LogP contribution in [0, 0.1) is 0 Å². The average molecular weight is 465 g/mol. The van der Waals surface area contributed by atoms with Crippen molar-refractivity contribution in [1.29, 1.82) is 0 Å². The highest BCUT2D eigenvalue weighted by atomic mass is 16.5. The molecule has 34 heavy (non-hydrogen) atoms. The first-order valence-electron chi connectivity index (χ1n) is 12.1. The summed E-state index contributed by atoms with van der Waals surface area (Å²) in [6.07, 6.45) is 3.67. The van der Waals surface area contributed by atoms with Crippen LogP contribution in [0.3, 0.4) is 0 Å². The highest BCUT2D eigenvalue weighted by Crippen LogP contribution is 2.44. The third-order valence-corrected chi connectivity index (χ3v) is 7.05. The Labute approximate surface area is 199 Å². The molecule has 7 nitrogen and oxygen atoms in total. The molecule has 7 heteroatoms. The molecule has 2 amide bonds. The summed E-state index contributed by atoms with van der Waals surface area (Å²) in [4.78, 5) is 37.0. The van der Waals surface area contributed by atoms with Crippen LogP contribution >= 0.6 is 0 Å². The van der Waals surface area contributed by atoms with E-state index in [9.17, 15) is 19.5 Å². The summed E-state index contributed by atoms with van der Waals surface area (Å²) in [7, 11) is 0. The van der Waals surface area contributed by atoms with E-state index in [0.717, 1.165) is 41.5 Å². The van der Waals surface area contributed by atoms with Gasteiger partial charge >= 0.3 is 12.1 Å². The Bertz CT molecular complexity index is 1010. The summed E-state index contributed by atoms with van der Waals surface area (Å²) in [6, 6.07) is 15.4. The van der Waals surface area contributed by atoms with E-state index in [4.69, 9.17) is 4.74 Å². The van der Waals surface area contributed by atoms with Crippen LogP contribution in [0.4, 0.5) is 4.79 Å². The number of hydrogen-bond acceptors (Lipinski definition) is 4. The van der Waals surface area contributed by atoms with Gasteiger partial charge in [-0.3, -0.25) is 9.59 Å². The molecule has 1 saturated carbocycles. The van der Waals surface area contributed by atoms with Gasteiger partial charge in [0.2, 0.25) is 5.91 Å². The third kappa shape index (κ3) is 5.08. The molecule has 0 bridgehead atoms. The minimum Gasteiger partial charge on any atom is -0.481 e. The van der Waals surface area contributed by atoms with Gasteiger partial charge in [0.25, 0.3) is 0 Å². The molecular formula is C27H32N2O5. The van der Waals surface area contributed by atoms with Gasteiger partial charge in [0, 0.05) is 5.92 Å². The Hall–Kier alpha value is -3.35. The van der Waals surface area contributed by atoms with Crippen molar-refractivity contribution in [3.05, 3.63) is 59.7 Å². The van der Waals surface area contributed by atoms with E-state index in [2.05, 4.69) is 34.9 Å². The zero-order valence-electron chi connectivity index (χ0n) is 19.5. The van der Waals surface area contributed by atoms with E-state index in [1.54, 1.807) is 6.92 Å². The van der Waals surface area contributed by atoms with Gasteiger partial charge in [-0.1, -0.05) is 74.7 Å². The number of fused-ring (bicyclic) bond motifs is 3. The lowest BCUT2D eigenvalue weighted by Crippen LogP contribution is -2.57. The van der Waals surface area contributed by atoms with Crippen molar-refractivity contribution in [2.24, 2.45) is 0 Å². The summed E-state index contributed by atoms with van der Waals surface area (Å²) in [5.74, 6) is -1.35. The molecule has 0 spiro atoms. The van der Waals surface area contributed by atoms with E-state index in [1.807, 2.05) is 24.3 Å². The molecule has 2 aliphatic carbocycles. The monoisotopic (exact) mass is 464 g/mol. The van der Waals surface area contributed by atoms with Crippen molar-refractivity contribution in [1.82, 2.24) is 10.6 Å². The number of amides is 2. The zero-order valence-corrected chi connectivity index (χ0v) is 19.5. The second-order valence-electron chi connectivity index (χ2n) is 9.33. The van der Waals surface area contributed by atoms with Gasteiger partial charge < -0.3 is 20.5 Å². The van der Waals surface area contributed by atoms with Gasteiger partial charge in [-0.2, -0.15) is 0 Å². The van der Waals surface area contributed by atoms with Gasteiger partial charge in [-0.05, 0) is 41.5 Å². The third-order valence-electron chi connectivity index (χ3n) is 7.05. The lowest BCUT2D eigenvalue weighted by molar-refractivity contribution is -0.139. The molecule has 1 fully saturated rings. The number of nitrogens with one attached hydrogen (secondary N) is 2. The fourth-order valence-corrected chi connectivity index (χ4v) is 5.35. The molecule has 2 aliphatic rings. The Morgan fingerprint density at radius 1 is 1.00 bits per heavy atom. The van der Waals surface area contributed by atoms with Crippen LogP contribution < -0.4 is 10.6 Å². The number of aliphatic carboxylic acids is 1. The number of carbonyl (C=O) groups excluding carboxylic acids is 2. The Kier molecular flexibility index (Phi) is 7.20. The Morgan fingerprint density at radius 2 is 1.59 bits per heavy atom. The summed E-state index contributed by atoms with van der Waals surface area (Å²) in [5.41, 5.74) is 3.78. The molecule has 0 aromatic heterocycles. The van der Waals surface area contributed by atoms with E-state index >= 15 is 0 Å². The molecule has 4 rings (SSSR count). The maximum atomic E-state index is 13.0. The van der Waals surface area contributed by atoms with E-state index in [1.165, 1.54) is 0 Å². The maximum absolute atomic E-state index is 13.0. The molecule has 2 aromatic rings. The summed E-state index contributed by atoms with van der Waals surface area (Å²) in [6.45, 7) is 1.97. The van der Waals surface area contributed by atoms with Crippen molar-refractivity contribution in [2.75, 3.05) is 6.61 Å². The molecular weight excluding hydrogens is 432 g/mol. The van der Waals surface area contributed by atoms with Crippen LogP contribution in [0.1, 0.15) is 68.9 Å². The standard InChI is InChI=1S/C27H32N2O5/c1-2-23(25(32)29-27(16-24(30)31)14-8-3-9-15-27)28-26(33)34-17-22-20-12-6-4-10-18(20)19-11-5-7-13-21(19)22/h4-7,10-13,22-23H,2-3,8-9,14-17H2,1H3,(H,28,33)(H,29,32)(H,30,31)/t23-/m0/s1. The minimum atomic E-state index is -0.931.